The third-order valence-electron chi connectivity index (χ3n) is 8.49. The Kier molecular flexibility index (Phi) is 7.87. The molecule has 210 valence electrons. The van der Waals surface area contributed by atoms with Crippen LogP contribution >= 0.6 is 0 Å². The molecule has 1 aromatic heterocycles. The van der Waals surface area contributed by atoms with Gasteiger partial charge in [0.25, 0.3) is 0 Å². The van der Waals surface area contributed by atoms with E-state index in [1.165, 1.54) is 26.8 Å². The molecule has 1 aliphatic heterocycles. The Bertz CT molecular complexity index is 1690. The molecule has 7 heteroatoms. The normalized spacial score (nSPS) is 17.4. The molecule has 2 unspecified atom stereocenters. The zero-order chi connectivity index (χ0) is 28.2. The number of aromatic amines is 1. The molecule has 1 fully saturated rings. The first kappa shape index (κ1) is 26.8. The third-order valence-corrected chi connectivity index (χ3v) is 8.49. The van der Waals surface area contributed by atoms with Gasteiger partial charge in [0, 0.05) is 32.2 Å². The number of fused-ring (bicyclic) bond motifs is 2. The Morgan fingerprint density at radius 1 is 0.902 bits per heavy atom. The fraction of sp³-hybridized carbons (Fsp3) is 0.294. The van der Waals surface area contributed by atoms with Crippen molar-refractivity contribution in [3.05, 3.63) is 119 Å². The van der Waals surface area contributed by atoms with Gasteiger partial charge in [-0.2, -0.15) is 0 Å². The van der Waals surface area contributed by atoms with Crippen molar-refractivity contribution in [2.75, 3.05) is 19.6 Å². The van der Waals surface area contributed by atoms with Crippen LogP contribution in [0.3, 0.4) is 0 Å². The van der Waals surface area contributed by atoms with Gasteiger partial charge in [0.05, 0.1) is 11.0 Å². The van der Waals surface area contributed by atoms with Crippen LogP contribution in [0.1, 0.15) is 36.4 Å². The van der Waals surface area contributed by atoms with Gasteiger partial charge < -0.3 is 15.0 Å². The number of amides is 1. The molecule has 0 radical (unpaired) electrons. The van der Waals surface area contributed by atoms with Crippen molar-refractivity contribution < 1.29 is 9.90 Å². The van der Waals surface area contributed by atoms with E-state index in [4.69, 9.17) is 0 Å². The second-order valence-electron chi connectivity index (χ2n) is 11.1. The summed E-state index contributed by atoms with van der Waals surface area (Å²) in [5.74, 6) is 0.0490. The number of para-hydroxylation sites is 2. The number of nitrogens with zero attached hydrogens (tertiary/aromatic N) is 3. The van der Waals surface area contributed by atoms with E-state index in [-0.39, 0.29) is 17.6 Å². The van der Waals surface area contributed by atoms with Crippen LogP contribution in [0.15, 0.2) is 102 Å². The Morgan fingerprint density at radius 2 is 1.66 bits per heavy atom. The second kappa shape index (κ2) is 12.0. The minimum atomic E-state index is -0.888. The Labute approximate surface area is 239 Å². The van der Waals surface area contributed by atoms with E-state index < -0.39 is 6.09 Å². The van der Waals surface area contributed by atoms with E-state index in [2.05, 4.69) is 76.6 Å². The number of aromatic nitrogens is 2. The highest BCUT2D eigenvalue weighted by Crippen LogP contribution is 2.33. The third kappa shape index (κ3) is 5.91. The highest BCUT2D eigenvalue weighted by atomic mass is 16.4. The first-order chi connectivity index (χ1) is 20.1. The van der Waals surface area contributed by atoms with Crippen LogP contribution in [0.4, 0.5) is 4.79 Å². The molecular weight excluding hydrogens is 512 g/mol. The zero-order valence-electron chi connectivity index (χ0n) is 23.2. The largest absolute Gasteiger partial charge is 0.465 e. The topological polar surface area (TPSA) is 81.6 Å². The van der Waals surface area contributed by atoms with Crippen molar-refractivity contribution in [3.8, 4) is 0 Å². The van der Waals surface area contributed by atoms with Crippen molar-refractivity contribution in [1.29, 1.82) is 0 Å². The lowest BCUT2D eigenvalue weighted by atomic mass is 9.87. The monoisotopic (exact) mass is 548 g/mol. The van der Waals surface area contributed by atoms with Gasteiger partial charge in [-0.05, 0) is 65.8 Å². The summed E-state index contributed by atoms with van der Waals surface area (Å²) in [4.78, 5) is 32.0. The van der Waals surface area contributed by atoms with Gasteiger partial charge in [0.1, 0.15) is 0 Å². The molecule has 41 heavy (non-hydrogen) atoms. The number of benzene rings is 4. The molecule has 1 aliphatic rings. The van der Waals surface area contributed by atoms with Crippen molar-refractivity contribution in [1.82, 2.24) is 19.4 Å². The number of rotatable bonds is 9. The van der Waals surface area contributed by atoms with Gasteiger partial charge in [-0.3, -0.25) is 9.47 Å². The average Bonchev–Trinajstić information content (AvgIpc) is 3.33. The maximum atomic E-state index is 13.1. The molecular formula is C34H36N4O3. The molecule has 4 aromatic carbocycles. The molecule has 5 aromatic rings. The quantitative estimate of drug-likeness (QED) is 0.220. The summed E-state index contributed by atoms with van der Waals surface area (Å²) >= 11 is 0. The van der Waals surface area contributed by atoms with E-state index >= 15 is 0 Å². The smallest absolute Gasteiger partial charge is 0.407 e. The van der Waals surface area contributed by atoms with Crippen LogP contribution in [-0.4, -0.2) is 50.2 Å². The van der Waals surface area contributed by atoms with Gasteiger partial charge in [-0.15, -0.1) is 0 Å². The lowest BCUT2D eigenvalue weighted by molar-refractivity contribution is 0.0933. The molecule has 0 saturated carbocycles. The van der Waals surface area contributed by atoms with Crippen molar-refractivity contribution in [2.45, 2.75) is 38.4 Å². The van der Waals surface area contributed by atoms with Crippen LogP contribution in [0.2, 0.25) is 0 Å². The minimum Gasteiger partial charge on any atom is -0.465 e. The molecule has 0 aliphatic carbocycles. The highest BCUT2D eigenvalue weighted by molar-refractivity contribution is 5.85. The number of hydrogen-bond donors (Lipinski definition) is 2. The molecule has 2 heterocycles. The first-order valence-corrected chi connectivity index (χ1v) is 14.5. The maximum absolute atomic E-state index is 13.1. The summed E-state index contributed by atoms with van der Waals surface area (Å²) in [5.41, 5.74) is 4.16. The Hall–Kier alpha value is -4.36. The SMILES string of the molecule is O=C(O)N1CCC(n2c(=O)[nH]c3ccccc32)C(CCCN(Cc2ccccc2)Cc2cccc3ccccc23)C1. The van der Waals surface area contributed by atoms with E-state index in [0.29, 0.717) is 19.5 Å². The van der Waals surface area contributed by atoms with E-state index in [9.17, 15) is 14.7 Å². The number of likely N-dealkylation sites (tertiary alicyclic amines) is 1. The van der Waals surface area contributed by atoms with Crippen LogP contribution in [0, 0.1) is 5.92 Å². The van der Waals surface area contributed by atoms with Crippen molar-refractivity contribution in [2.24, 2.45) is 5.92 Å². The number of carboxylic acid groups (broad SMARTS) is 1. The number of H-pyrrole nitrogens is 1. The molecule has 6 rings (SSSR count). The van der Waals surface area contributed by atoms with Gasteiger partial charge in [-0.25, -0.2) is 9.59 Å². The van der Waals surface area contributed by atoms with Gasteiger partial charge >= 0.3 is 11.8 Å². The summed E-state index contributed by atoms with van der Waals surface area (Å²) in [6, 6.07) is 33.3. The number of hydrogen-bond acceptors (Lipinski definition) is 3. The predicted molar refractivity (Wildman–Crippen MR) is 163 cm³/mol. The summed E-state index contributed by atoms with van der Waals surface area (Å²) in [7, 11) is 0. The first-order valence-electron chi connectivity index (χ1n) is 14.5. The molecule has 0 bridgehead atoms. The predicted octanol–water partition coefficient (Wildman–Crippen LogP) is 6.51. The molecule has 2 atom stereocenters. The van der Waals surface area contributed by atoms with E-state index in [1.807, 2.05) is 34.9 Å². The lowest BCUT2D eigenvalue weighted by Gasteiger charge is -2.38. The Balaban J connectivity index is 1.23. The van der Waals surface area contributed by atoms with Crippen molar-refractivity contribution in [3.63, 3.8) is 0 Å². The van der Waals surface area contributed by atoms with Crippen molar-refractivity contribution >= 4 is 27.9 Å². The number of imidazole rings is 1. The molecule has 1 amide bonds. The van der Waals surface area contributed by atoms with Gasteiger partial charge in [-0.1, -0.05) is 84.9 Å². The lowest BCUT2D eigenvalue weighted by Crippen LogP contribution is -2.45. The van der Waals surface area contributed by atoms with Gasteiger partial charge in [0.2, 0.25) is 0 Å². The number of nitrogens with one attached hydrogen (secondary N) is 1. The highest BCUT2D eigenvalue weighted by Gasteiger charge is 2.34. The van der Waals surface area contributed by atoms with Gasteiger partial charge in [0.15, 0.2) is 0 Å². The molecule has 0 spiro atoms. The van der Waals surface area contributed by atoms with Crippen LogP contribution < -0.4 is 5.69 Å². The molecule has 2 N–H and O–H groups in total. The fourth-order valence-corrected chi connectivity index (χ4v) is 6.52. The Morgan fingerprint density at radius 3 is 2.51 bits per heavy atom. The molecule has 7 nitrogen and oxygen atoms in total. The van der Waals surface area contributed by atoms with E-state index in [1.54, 1.807) is 0 Å². The van der Waals surface area contributed by atoms with Crippen LogP contribution in [0.25, 0.3) is 21.8 Å². The number of piperidine rings is 1. The summed E-state index contributed by atoms with van der Waals surface area (Å²) in [6.45, 7) is 3.41. The number of carbonyl (C=O) groups is 1. The van der Waals surface area contributed by atoms with Crippen LogP contribution in [0.5, 0.6) is 0 Å². The van der Waals surface area contributed by atoms with Crippen LogP contribution in [-0.2, 0) is 13.1 Å². The maximum Gasteiger partial charge on any atom is 0.407 e. The summed E-state index contributed by atoms with van der Waals surface area (Å²) in [6.07, 6.45) is 1.48. The minimum absolute atomic E-state index is 0.0464. The standard InChI is InChI=1S/C34H36N4O3/c39-33-35-30-17-6-7-18-32(30)38(33)31-19-21-37(34(40)41)24-28(31)15-9-20-36(22-25-10-2-1-3-11-25)23-27-14-8-13-26-12-4-5-16-29(26)27/h1-8,10-14,16-18,28,31H,9,15,19-24H2,(H,35,39)(H,40,41). The fourth-order valence-electron chi connectivity index (χ4n) is 6.52. The van der Waals surface area contributed by atoms with E-state index in [0.717, 1.165) is 43.5 Å². The zero-order valence-corrected chi connectivity index (χ0v) is 23.2. The summed E-state index contributed by atoms with van der Waals surface area (Å²) in [5, 5.41) is 12.3. The average molecular weight is 549 g/mol. The molecule has 1 saturated heterocycles. The second-order valence-corrected chi connectivity index (χ2v) is 11.1. The summed E-state index contributed by atoms with van der Waals surface area (Å²) < 4.78 is 1.87.